The van der Waals surface area contributed by atoms with Gasteiger partial charge in [-0.15, -0.1) is 0 Å². The molecule has 0 aliphatic carbocycles. The van der Waals surface area contributed by atoms with Crippen LogP contribution in [0.2, 0.25) is 0 Å². The number of aryl methyl sites for hydroxylation is 2. The molecule has 0 saturated carbocycles. The molecule has 102 valence electrons. The number of rotatable bonds is 3. The Balaban J connectivity index is 1.74. The van der Waals surface area contributed by atoms with Crippen LogP contribution in [0.3, 0.4) is 0 Å². The highest BCUT2D eigenvalue weighted by Gasteiger charge is 2.08. The summed E-state index contributed by atoms with van der Waals surface area (Å²) >= 11 is 0. The Morgan fingerprint density at radius 3 is 3.00 bits per heavy atom. The van der Waals surface area contributed by atoms with Gasteiger partial charge in [-0.1, -0.05) is 6.07 Å². The first kappa shape index (κ1) is 12.5. The molecule has 0 aliphatic rings. The summed E-state index contributed by atoms with van der Waals surface area (Å²) in [5.41, 5.74) is 3.59. The van der Waals surface area contributed by atoms with Gasteiger partial charge in [0.1, 0.15) is 0 Å². The van der Waals surface area contributed by atoms with Crippen LogP contribution in [-0.4, -0.2) is 20.7 Å². The number of amides is 1. The maximum atomic E-state index is 12.1. The van der Waals surface area contributed by atoms with E-state index in [1.54, 1.807) is 4.68 Å². The minimum absolute atomic E-state index is 0.0789. The number of carbonyl (C=O) groups excluding carboxylic acids is 1. The van der Waals surface area contributed by atoms with Crippen LogP contribution in [0.4, 0.5) is 0 Å². The highest BCUT2D eigenvalue weighted by atomic mass is 16.1. The molecule has 0 atom stereocenters. The van der Waals surface area contributed by atoms with Crippen LogP contribution in [-0.2, 0) is 13.6 Å². The molecule has 0 aliphatic heterocycles. The number of aromatic amines is 1. The van der Waals surface area contributed by atoms with Gasteiger partial charge in [-0.2, -0.15) is 5.10 Å². The first-order chi connectivity index (χ1) is 9.63. The van der Waals surface area contributed by atoms with Crippen LogP contribution >= 0.6 is 0 Å². The van der Waals surface area contributed by atoms with Crippen molar-refractivity contribution in [2.45, 2.75) is 13.5 Å². The molecule has 3 rings (SSSR count). The third-order valence-electron chi connectivity index (χ3n) is 3.37. The number of H-pyrrole nitrogens is 1. The highest BCUT2D eigenvalue weighted by Crippen LogP contribution is 2.14. The van der Waals surface area contributed by atoms with Gasteiger partial charge in [0.05, 0.1) is 5.69 Å². The van der Waals surface area contributed by atoms with Crippen molar-refractivity contribution in [2.24, 2.45) is 7.05 Å². The second-order valence-corrected chi connectivity index (χ2v) is 4.88. The molecular weight excluding hydrogens is 252 g/mol. The van der Waals surface area contributed by atoms with Gasteiger partial charge in [-0.05, 0) is 30.5 Å². The number of nitrogens with zero attached hydrogens (tertiary/aromatic N) is 2. The summed E-state index contributed by atoms with van der Waals surface area (Å²) in [6.45, 7) is 2.42. The van der Waals surface area contributed by atoms with Gasteiger partial charge >= 0.3 is 0 Å². The first-order valence-corrected chi connectivity index (χ1v) is 6.48. The second-order valence-electron chi connectivity index (χ2n) is 4.88. The minimum atomic E-state index is -0.0789. The van der Waals surface area contributed by atoms with Gasteiger partial charge in [-0.25, -0.2) is 0 Å². The summed E-state index contributed by atoms with van der Waals surface area (Å²) < 4.78 is 1.75. The van der Waals surface area contributed by atoms with Gasteiger partial charge in [0, 0.05) is 42.6 Å². The molecular formula is C15H16N4O. The standard InChI is InChI=1S/C15H16N4O/c1-10-13(9-19(2)18-10)8-17-15(20)12-4-3-11-5-6-16-14(11)7-12/h3-7,9,16H,8H2,1-2H3,(H,17,20). The van der Waals surface area contributed by atoms with E-state index in [4.69, 9.17) is 0 Å². The third kappa shape index (κ3) is 2.30. The lowest BCUT2D eigenvalue weighted by Gasteiger charge is -2.04. The molecule has 3 aromatic rings. The zero-order valence-corrected chi connectivity index (χ0v) is 11.5. The molecule has 2 N–H and O–H groups in total. The molecule has 0 fully saturated rings. The van der Waals surface area contributed by atoms with Gasteiger partial charge < -0.3 is 10.3 Å². The van der Waals surface area contributed by atoms with E-state index in [0.717, 1.165) is 22.2 Å². The predicted octanol–water partition coefficient (Wildman–Crippen LogP) is 2.14. The summed E-state index contributed by atoms with van der Waals surface area (Å²) in [5.74, 6) is -0.0789. The maximum Gasteiger partial charge on any atom is 0.251 e. The van der Waals surface area contributed by atoms with Crippen molar-refractivity contribution >= 4 is 16.8 Å². The zero-order valence-electron chi connectivity index (χ0n) is 11.5. The number of nitrogens with one attached hydrogen (secondary N) is 2. The van der Waals surface area contributed by atoms with Crippen LogP contribution < -0.4 is 5.32 Å². The minimum Gasteiger partial charge on any atom is -0.361 e. The van der Waals surface area contributed by atoms with Crippen molar-refractivity contribution < 1.29 is 4.79 Å². The van der Waals surface area contributed by atoms with Crippen molar-refractivity contribution in [3.8, 4) is 0 Å². The van der Waals surface area contributed by atoms with E-state index in [0.29, 0.717) is 12.1 Å². The molecule has 0 bridgehead atoms. The van der Waals surface area contributed by atoms with Crippen molar-refractivity contribution in [1.82, 2.24) is 20.1 Å². The van der Waals surface area contributed by atoms with E-state index in [-0.39, 0.29) is 5.91 Å². The molecule has 0 spiro atoms. The summed E-state index contributed by atoms with van der Waals surface area (Å²) in [6.07, 6.45) is 3.79. The van der Waals surface area contributed by atoms with Gasteiger partial charge in [0.25, 0.3) is 5.91 Å². The van der Waals surface area contributed by atoms with E-state index >= 15 is 0 Å². The molecule has 0 saturated heterocycles. The van der Waals surface area contributed by atoms with Gasteiger partial charge in [-0.3, -0.25) is 9.48 Å². The molecule has 0 radical (unpaired) electrons. The summed E-state index contributed by atoms with van der Waals surface area (Å²) in [7, 11) is 1.87. The van der Waals surface area contributed by atoms with Crippen molar-refractivity contribution in [1.29, 1.82) is 0 Å². The molecule has 20 heavy (non-hydrogen) atoms. The first-order valence-electron chi connectivity index (χ1n) is 6.48. The Hall–Kier alpha value is -2.56. The lowest BCUT2D eigenvalue weighted by molar-refractivity contribution is 0.0951. The number of hydrogen-bond acceptors (Lipinski definition) is 2. The Morgan fingerprint density at radius 2 is 2.25 bits per heavy atom. The quantitative estimate of drug-likeness (QED) is 0.764. The number of hydrogen-bond donors (Lipinski definition) is 2. The lowest BCUT2D eigenvalue weighted by atomic mass is 10.1. The smallest absolute Gasteiger partial charge is 0.251 e. The van der Waals surface area contributed by atoms with Crippen LogP contribution in [0.15, 0.2) is 36.7 Å². The van der Waals surface area contributed by atoms with Crippen LogP contribution in [0, 0.1) is 6.92 Å². The van der Waals surface area contributed by atoms with E-state index in [1.165, 1.54) is 0 Å². The lowest BCUT2D eigenvalue weighted by Crippen LogP contribution is -2.22. The summed E-state index contributed by atoms with van der Waals surface area (Å²) in [4.78, 5) is 15.3. The largest absolute Gasteiger partial charge is 0.361 e. The fraction of sp³-hybridized carbons (Fsp3) is 0.200. The Kier molecular flexibility index (Phi) is 3.02. The Morgan fingerprint density at radius 1 is 1.40 bits per heavy atom. The number of aromatic nitrogens is 3. The van der Waals surface area contributed by atoms with Gasteiger partial charge in [0.2, 0.25) is 0 Å². The predicted molar refractivity (Wildman–Crippen MR) is 77.4 cm³/mol. The number of carbonyl (C=O) groups is 1. The van der Waals surface area contributed by atoms with E-state index in [1.807, 2.05) is 50.6 Å². The van der Waals surface area contributed by atoms with Gasteiger partial charge in [0.15, 0.2) is 0 Å². The Labute approximate surface area is 116 Å². The molecule has 2 heterocycles. The fourth-order valence-electron chi connectivity index (χ4n) is 2.29. The molecule has 5 heteroatoms. The van der Waals surface area contributed by atoms with Crippen LogP contribution in [0.5, 0.6) is 0 Å². The van der Waals surface area contributed by atoms with E-state index in [2.05, 4.69) is 15.4 Å². The van der Waals surface area contributed by atoms with Crippen molar-refractivity contribution in [2.75, 3.05) is 0 Å². The highest BCUT2D eigenvalue weighted by molar-refractivity contribution is 5.97. The average Bonchev–Trinajstić information content (AvgIpc) is 3.01. The Bertz CT molecular complexity index is 769. The number of benzene rings is 1. The molecule has 0 unspecified atom stereocenters. The normalized spacial score (nSPS) is 10.9. The van der Waals surface area contributed by atoms with Crippen LogP contribution in [0.25, 0.3) is 10.9 Å². The van der Waals surface area contributed by atoms with E-state index in [9.17, 15) is 4.79 Å². The van der Waals surface area contributed by atoms with Crippen molar-refractivity contribution in [3.63, 3.8) is 0 Å². The fourth-order valence-corrected chi connectivity index (χ4v) is 2.29. The zero-order chi connectivity index (χ0) is 14.1. The number of fused-ring (bicyclic) bond motifs is 1. The third-order valence-corrected chi connectivity index (χ3v) is 3.37. The van der Waals surface area contributed by atoms with E-state index < -0.39 is 0 Å². The average molecular weight is 268 g/mol. The maximum absolute atomic E-state index is 12.1. The SMILES string of the molecule is Cc1nn(C)cc1CNC(=O)c1ccc2cc[nH]c2c1. The summed E-state index contributed by atoms with van der Waals surface area (Å²) in [5, 5.41) is 8.28. The molecule has 1 aromatic carbocycles. The van der Waals surface area contributed by atoms with Crippen molar-refractivity contribution in [3.05, 3.63) is 53.5 Å². The molecule has 2 aromatic heterocycles. The molecule has 1 amide bonds. The monoisotopic (exact) mass is 268 g/mol. The summed E-state index contributed by atoms with van der Waals surface area (Å²) in [6, 6.07) is 7.62. The topological polar surface area (TPSA) is 62.7 Å². The van der Waals surface area contributed by atoms with Crippen LogP contribution in [0.1, 0.15) is 21.6 Å². The molecule has 5 nitrogen and oxygen atoms in total. The second kappa shape index (κ2) is 4.85.